The number of nitrogens with one attached hydrogen (secondary N) is 1. The van der Waals surface area contributed by atoms with Crippen molar-refractivity contribution in [3.63, 3.8) is 0 Å². The summed E-state index contributed by atoms with van der Waals surface area (Å²) >= 11 is 5.70. The van der Waals surface area contributed by atoms with E-state index < -0.39 is 9.85 Å². The lowest BCUT2D eigenvalue weighted by Gasteiger charge is -2.01. The second-order valence-corrected chi connectivity index (χ2v) is 3.97. The van der Waals surface area contributed by atoms with Crippen LogP contribution in [-0.4, -0.2) is 9.85 Å². The van der Waals surface area contributed by atoms with Crippen molar-refractivity contribution in [1.82, 2.24) is 0 Å². The molecular weight excluding hydrogens is 274 g/mol. The number of allylic oxidation sites excluding steroid dienone is 1. The summed E-state index contributed by atoms with van der Waals surface area (Å²) in [4.78, 5) is 19.7. The Kier molecular flexibility index (Phi) is 5.01. The first kappa shape index (κ1) is 14.7. The zero-order valence-corrected chi connectivity index (χ0v) is 10.6. The zero-order chi connectivity index (χ0) is 14.4. The minimum atomic E-state index is -0.741. The molecule has 0 amide bonds. The van der Waals surface area contributed by atoms with Crippen LogP contribution in [0.4, 0.5) is 5.69 Å². The first-order chi connectivity index (χ1) is 8.90. The van der Waals surface area contributed by atoms with E-state index in [0.29, 0.717) is 16.9 Å². The van der Waals surface area contributed by atoms with E-state index in [9.17, 15) is 20.2 Å². The lowest BCUT2D eigenvalue weighted by atomic mass is 10.2. The fourth-order valence-electron chi connectivity index (χ4n) is 1.23. The summed E-state index contributed by atoms with van der Waals surface area (Å²) < 4.78 is 0. The molecule has 0 heterocycles. The average molecular weight is 284 g/mol. The number of nitrogens with zero attached hydrogens (tertiary/aromatic N) is 2. The van der Waals surface area contributed by atoms with E-state index in [1.807, 2.05) is 0 Å². The van der Waals surface area contributed by atoms with Crippen LogP contribution in [0.3, 0.4) is 0 Å². The van der Waals surface area contributed by atoms with Crippen LogP contribution in [0.1, 0.15) is 6.92 Å². The van der Waals surface area contributed by atoms with Crippen molar-refractivity contribution in [2.24, 2.45) is 0 Å². The molecule has 19 heavy (non-hydrogen) atoms. The van der Waals surface area contributed by atoms with Crippen LogP contribution >= 0.6 is 11.6 Å². The van der Waals surface area contributed by atoms with E-state index >= 15 is 0 Å². The molecule has 0 atom stereocenters. The SMILES string of the molecule is CC(=C[N+](=O)[O-])C(=CNc1ccc(Cl)cc1)[N+](=O)[O-]. The van der Waals surface area contributed by atoms with Crippen molar-refractivity contribution in [1.29, 1.82) is 0 Å². The maximum absolute atomic E-state index is 10.8. The normalized spacial score (nSPS) is 12.1. The zero-order valence-electron chi connectivity index (χ0n) is 9.87. The molecule has 0 aliphatic heterocycles. The molecule has 0 fully saturated rings. The third-order valence-corrected chi connectivity index (χ3v) is 2.37. The van der Waals surface area contributed by atoms with Crippen molar-refractivity contribution in [2.75, 3.05) is 5.32 Å². The van der Waals surface area contributed by atoms with Gasteiger partial charge in [-0.2, -0.15) is 0 Å². The highest BCUT2D eigenvalue weighted by Gasteiger charge is 2.16. The van der Waals surface area contributed by atoms with Crippen molar-refractivity contribution in [3.8, 4) is 0 Å². The molecular formula is C11H10ClN3O4. The monoisotopic (exact) mass is 283 g/mol. The van der Waals surface area contributed by atoms with Crippen LogP contribution < -0.4 is 5.32 Å². The summed E-state index contributed by atoms with van der Waals surface area (Å²) in [5.74, 6) is 0. The van der Waals surface area contributed by atoms with Gasteiger partial charge in [-0.3, -0.25) is 20.2 Å². The molecule has 100 valence electrons. The van der Waals surface area contributed by atoms with Gasteiger partial charge in [0.15, 0.2) is 0 Å². The first-order valence-electron chi connectivity index (χ1n) is 5.09. The number of hydrogen-bond donors (Lipinski definition) is 1. The maximum Gasteiger partial charge on any atom is 0.294 e. The number of halogens is 1. The maximum atomic E-state index is 10.8. The topological polar surface area (TPSA) is 98.3 Å². The second kappa shape index (κ2) is 6.50. The number of rotatable bonds is 5. The van der Waals surface area contributed by atoms with Gasteiger partial charge in [-0.1, -0.05) is 11.6 Å². The van der Waals surface area contributed by atoms with Crippen LogP contribution in [0, 0.1) is 20.2 Å². The quantitative estimate of drug-likeness (QED) is 0.509. The summed E-state index contributed by atoms with van der Waals surface area (Å²) in [5, 5.41) is 24.3. The van der Waals surface area contributed by atoms with E-state index in [-0.39, 0.29) is 11.3 Å². The van der Waals surface area contributed by atoms with Crippen LogP contribution in [0.25, 0.3) is 0 Å². The number of benzene rings is 1. The fraction of sp³-hybridized carbons (Fsp3) is 0.0909. The Labute approximate surface area is 113 Å². The smallest absolute Gasteiger partial charge is 0.294 e. The van der Waals surface area contributed by atoms with Crippen molar-refractivity contribution >= 4 is 17.3 Å². The summed E-state index contributed by atoms with van der Waals surface area (Å²) in [6.07, 6.45) is 1.68. The van der Waals surface area contributed by atoms with E-state index in [4.69, 9.17) is 11.6 Å². The van der Waals surface area contributed by atoms with Crippen molar-refractivity contribution < 1.29 is 9.85 Å². The standard InChI is InChI=1S/C11H10ClN3O4/c1-8(7-14(16)17)11(15(18)19)6-13-10-4-2-9(12)3-5-10/h2-7,13H,1H3. The molecule has 1 aromatic carbocycles. The Hall–Kier alpha value is -2.41. The van der Waals surface area contributed by atoms with Gasteiger partial charge in [0.2, 0.25) is 6.20 Å². The van der Waals surface area contributed by atoms with Gasteiger partial charge in [-0.05, 0) is 31.2 Å². The number of nitro groups is 2. The molecule has 1 N–H and O–H groups in total. The molecule has 0 bridgehead atoms. The summed E-state index contributed by atoms with van der Waals surface area (Å²) in [6.45, 7) is 1.29. The van der Waals surface area contributed by atoms with E-state index in [2.05, 4.69) is 5.32 Å². The summed E-state index contributed by atoms with van der Waals surface area (Å²) in [6, 6.07) is 6.48. The molecule has 0 saturated heterocycles. The highest BCUT2D eigenvalue weighted by Crippen LogP contribution is 2.15. The van der Waals surface area contributed by atoms with Crippen LogP contribution in [0.2, 0.25) is 5.02 Å². The molecule has 8 heteroatoms. The highest BCUT2D eigenvalue weighted by atomic mass is 35.5. The Morgan fingerprint density at radius 1 is 1.26 bits per heavy atom. The Bertz CT molecular complexity index is 552. The lowest BCUT2D eigenvalue weighted by Crippen LogP contribution is -2.05. The van der Waals surface area contributed by atoms with E-state index in [0.717, 1.165) is 6.20 Å². The Morgan fingerprint density at radius 3 is 2.32 bits per heavy atom. The van der Waals surface area contributed by atoms with E-state index in [1.165, 1.54) is 6.92 Å². The minimum Gasteiger partial charge on any atom is -0.356 e. The molecule has 7 nitrogen and oxygen atoms in total. The molecule has 0 radical (unpaired) electrons. The summed E-state index contributed by atoms with van der Waals surface area (Å²) in [7, 11) is 0. The van der Waals surface area contributed by atoms with Gasteiger partial charge < -0.3 is 5.32 Å². The van der Waals surface area contributed by atoms with Crippen molar-refractivity contribution in [3.05, 3.63) is 73.2 Å². The minimum absolute atomic E-state index is 0.0588. The summed E-state index contributed by atoms with van der Waals surface area (Å²) in [5.41, 5.74) is 0.140. The second-order valence-electron chi connectivity index (χ2n) is 3.54. The molecule has 0 saturated carbocycles. The predicted molar refractivity (Wildman–Crippen MR) is 70.9 cm³/mol. The molecule has 0 spiro atoms. The van der Waals surface area contributed by atoms with Gasteiger partial charge in [0, 0.05) is 10.7 Å². The molecule has 1 aromatic rings. The lowest BCUT2D eigenvalue weighted by molar-refractivity contribution is -0.427. The average Bonchev–Trinajstić information content (AvgIpc) is 2.30. The molecule has 1 rings (SSSR count). The number of hydrogen-bond acceptors (Lipinski definition) is 5. The predicted octanol–water partition coefficient (Wildman–Crippen LogP) is 3.05. The Balaban J connectivity index is 2.94. The van der Waals surface area contributed by atoms with Gasteiger partial charge in [-0.15, -0.1) is 0 Å². The van der Waals surface area contributed by atoms with Crippen LogP contribution in [-0.2, 0) is 0 Å². The van der Waals surface area contributed by atoms with E-state index in [1.54, 1.807) is 24.3 Å². The molecule has 0 unspecified atom stereocenters. The third kappa shape index (κ3) is 4.76. The molecule has 0 aliphatic carbocycles. The van der Waals surface area contributed by atoms with Gasteiger partial charge in [0.05, 0.1) is 21.6 Å². The fourth-order valence-corrected chi connectivity index (χ4v) is 1.36. The molecule has 0 aromatic heterocycles. The molecule has 0 aliphatic rings. The largest absolute Gasteiger partial charge is 0.356 e. The van der Waals surface area contributed by atoms with Crippen LogP contribution in [0.15, 0.2) is 47.9 Å². The van der Waals surface area contributed by atoms with Gasteiger partial charge in [0.25, 0.3) is 5.70 Å². The Morgan fingerprint density at radius 2 is 1.84 bits per heavy atom. The van der Waals surface area contributed by atoms with Gasteiger partial charge in [-0.25, -0.2) is 0 Å². The highest BCUT2D eigenvalue weighted by molar-refractivity contribution is 6.30. The van der Waals surface area contributed by atoms with Crippen LogP contribution in [0.5, 0.6) is 0 Å². The van der Waals surface area contributed by atoms with Crippen molar-refractivity contribution in [2.45, 2.75) is 6.92 Å². The van der Waals surface area contributed by atoms with Gasteiger partial charge >= 0.3 is 0 Å². The third-order valence-electron chi connectivity index (χ3n) is 2.12. The van der Waals surface area contributed by atoms with Gasteiger partial charge in [0.1, 0.15) is 0 Å². The first-order valence-corrected chi connectivity index (χ1v) is 5.47. The number of anilines is 1.